The van der Waals surface area contributed by atoms with E-state index < -0.39 is 0 Å². The van der Waals surface area contributed by atoms with Crippen molar-refractivity contribution in [2.24, 2.45) is 0 Å². The summed E-state index contributed by atoms with van der Waals surface area (Å²) < 4.78 is 15.1. The van der Waals surface area contributed by atoms with E-state index in [9.17, 15) is 4.79 Å². The molecule has 1 aromatic carbocycles. The molecule has 0 amide bonds. The Hall–Kier alpha value is -1.75. The molecule has 1 rings (SSSR count). The topological polar surface area (TPSA) is 56.8 Å². The number of carbonyl (C=O) groups is 1. The maximum absolute atomic E-state index is 10.9. The fraction of sp³-hybridized carbons (Fsp3) is 0.500. The van der Waals surface area contributed by atoms with Gasteiger partial charge in [-0.15, -0.1) is 0 Å². The fourth-order valence-electron chi connectivity index (χ4n) is 1.72. The summed E-state index contributed by atoms with van der Waals surface area (Å²) in [4.78, 5) is 10.9. The van der Waals surface area contributed by atoms with Crippen LogP contribution in [-0.2, 0) is 16.0 Å². The molecule has 0 saturated heterocycles. The molecule has 0 aromatic heterocycles. The number of carbonyl (C=O) groups excluding carboxylic acids is 1. The van der Waals surface area contributed by atoms with Crippen LogP contribution in [0, 0.1) is 0 Å². The van der Waals surface area contributed by atoms with Gasteiger partial charge < -0.3 is 19.5 Å². The number of benzene rings is 1. The SMILES string of the molecule is COC(=O)CCNCCc1cc(OC)ccc1OC. The molecule has 0 heterocycles. The molecule has 0 aliphatic carbocycles. The van der Waals surface area contributed by atoms with Crippen LogP contribution < -0.4 is 14.8 Å². The van der Waals surface area contributed by atoms with Crippen molar-refractivity contribution in [2.45, 2.75) is 12.8 Å². The summed E-state index contributed by atoms with van der Waals surface area (Å²) in [5.74, 6) is 1.45. The highest BCUT2D eigenvalue weighted by molar-refractivity contribution is 5.69. The van der Waals surface area contributed by atoms with E-state index in [1.165, 1.54) is 7.11 Å². The zero-order valence-corrected chi connectivity index (χ0v) is 11.7. The monoisotopic (exact) mass is 267 g/mol. The Bertz CT molecular complexity index is 406. The molecule has 19 heavy (non-hydrogen) atoms. The first-order valence-electron chi connectivity index (χ1n) is 6.19. The molecule has 1 N–H and O–H groups in total. The number of esters is 1. The van der Waals surface area contributed by atoms with E-state index in [0.717, 1.165) is 30.0 Å². The lowest BCUT2D eigenvalue weighted by atomic mass is 10.1. The van der Waals surface area contributed by atoms with Gasteiger partial charge >= 0.3 is 5.97 Å². The van der Waals surface area contributed by atoms with Crippen LogP contribution >= 0.6 is 0 Å². The van der Waals surface area contributed by atoms with Gasteiger partial charge in [-0.1, -0.05) is 0 Å². The molecule has 5 nitrogen and oxygen atoms in total. The van der Waals surface area contributed by atoms with Crippen molar-refractivity contribution in [1.29, 1.82) is 0 Å². The molecular formula is C14H21NO4. The average molecular weight is 267 g/mol. The van der Waals surface area contributed by atoms with Crippen LogP contribution in [0.25, 0.3) is 0 Å². The Morgan fingerprint density at radius 1 is 1.16 bits per heavy atom. The van der Waals surface area contributed by atoms with Gasteiger partial charge in [0, 0.05) is 6.54 Å². The summed E-state index contributed by atoms with van der Waals surface area (Å²) in [6.07, 6.45) is 1.19. The van der Waals surface area contributed by atoms with Crippen molar-refractivity contribution < 1.29 is 19.0 Å². The molecule has 0 unspecified atom stereocenters. The van der Waals surface area contributed by atoms with E-state index in [4.69, 9.17) is 9.47 Å². The zero-order chi connectivity index (χ0) is 14.1. The van der Waals surface area contributed by atoms with Gasteiger partial charge in [-0.05, 0) is 36.7 Å². The minimum atomic E-state index is -0.202. The molecular weight excluding hydrogens is 246 g/mol. The van der Waals surface area contributed by atoms with E-state index >= 15 is 0 Å². The molecule has 5 heteroatoms. The Kier molecular flexibility index (Phi) is 6.74. The van der Waals surface area contributed by atoms with Crippen LogP contribution in [0.3, 0.4) is 0 Å². The van der Waals surface area contributed by atoms with Crippen LogP contribution in [-0.4, -0.2) is 40.4 Å². The molecule has 1 aromatic rings. The van der Waals surface area contributed by atoms with Gasteiger partial charge in [-0.2, -0.15) is 0 Å². The summed E-state index contributed by atoms with van der Waals surface area (Å²) in [7, 11) is 4.68. The Morgan fingerprint density at radius 2 is 1.95 bits per heavy atom. The second kappa shape index (κ2) is 8.37. The number of hydrogen-bond donors (Lipinski definition) is 1. The van der Waals surface area contributed by atoms with Gasteiger partial charge in [-0.3, -0.25) is 4.79 Å². The van der Waals surface area contributed by atoms with Crippen LogP contribution in [0.1, 0.15) is 12.0 Å². The Balaban J connectivity index is 2.41. The van der Waals surface area contributed by atoms with Crippen molar-refractivity contribution in [3.8, 4) is 11.5 Å². The van der Waals surface area contributed by atoms with Gasteiger partial charge in [0.15, 0.2) is 0 Å². The van der Waals surface area contributed by atoms with Crippen LogP contribution in [0.2, 0.25) is 0 Å². The lowest BCUT2D eigenvalue weighted by Gasteiger charge is -2.10. The van der Waals surface area contributed by atoms with Gasteiger partial charge in [-0.25, -0.2) is 0 Å². The second-order valence-electron chi connectivity index (χ2n) is 4.00. The van der Waals surface area contributed by atoms with E-state index in [1.54, 1.807) is 14.2 Å². The molecule has 0 aliphatic rings. The normalized spacial score (nSPS) is 10.1. The first-order chi connectivity index (χ1) is 9.21. The maximum Gasteiger partial charge on any atom is 0.306 e. The Morgan fingerprint density at radius 3 is 2.58 bits per heavy atom. The first kappa shape index (κ1) is 15.3. The highest BCUT2D eigenvalue weighted by Gasteiger charge is 2.05. The predicted octanol–water partition coefficient (Wildman–Crippen LogP) is 1.40. The average Bonchev–Trinajstić information content (AvgIpc) is 2.46. The summed E-state index contributed by atoms with van der Waals surface area (Å²) in [6, 6.07) is 5.72. The highest BCUT2D eigenvalue weighted by atomic mass is 16.5. The van der Waals surface area contributed by atoms with Crippen LogP contribution in [0.15, 0.2) is 18.2 Å². The third kappa shape index (κ3) is 5.18. The molecule has 0 atom stereocenters. The van der Waals surface area contributed by atoms with Gasteiger partial charge in [0.25, 0.3) is 0 Å². The van der Waals surface area contributed by atoms with E-state index in [0.29, 0.717) is 13.0 Å². The standard InChI is InChI=1S/C14H21NO4/c1-17-12-4-5-13(18-2)11(10-12)6-8-15-9-7-14(16)19-3/h4-5,10,15H,6-9H2,1-3H3. The van der Waals surface area contributed by atoms with Gasteiger partial charge in [0.1, 0.15) is 11.5 Å². The summed E-state index contributed by atoms with van der Waals surface area (Å²) in [5, 5.41) is 3.19. The van der Waals surface area contributed by atoms with E-state index in [2.05, 4.69) is 10.1 Å². The lowest BCUT2D eigenvalue weighted by molar-refractivity contribution is -0.140. The van der Waals surface area contributed by atoms with E-state index in [1.807, 2.05) is 18.2 Å². The minimum Gasteiger partial charge on any atom is -0.497 e. The van der Waals surface area contributed by atoms with Crippen LogP contribution in [0.5, 0.6) is 11.5 Å². The van der Waals surface area contributed by atoms with Crippen molar-refractivity contribution in [2.75, 3.05) is 34.4 Å². The zero-order valence-electron chi connectivity index (χ0n) is 11.7. The number of hydrogen-bond acceptors (Lipinski definition) is 5. The quantitative estimate of drug-likeness (QED) is 0.570. The van der Waals surface area contributed by atoms with Crippen molar-refractivity contribution in [1.82, 2.24) is 5.32 Å². The Labute approximate surface area is 113 Å². The third-order valence-electron chi connectivity index (χ3n) is 2.79. The van der Waals surface area contributed by atoms with Gasteiger partial charge in [0.2, 0.25) is 0 Å². The molecule has 0 bridgehead atoms. The molecule has 0 saturated carbocycles. The van der Waals surface area contributed by atoms with Crippen molar-refractivity contribution in [3.05, 3.63) is 23.8 Å². The van der Waals surface area contributed by atoms with Crippen molar-refractivity contribution in [3.63, 3.8) is 0 Å². The molecule has 0 fully saturated rings. The predicted molar refractivity (Wildman–Crippen MR) is 72.8 cm³/mol. The molecule has 0 aliphatic heterocycles. The van der Waals surface area contributed by atoms with Crippen molar-refractivity contribution >= 4 is 5.97 Å². The number of ether oxygens (including phenoxy) is 3. The number of methoxy groups -OCH3 is 3. The van der Waals surface area contributed by atoms with Crippen LogP contribution in [0.4, 0.5) is 0 Å². The minimum absolute atomic E-state index is 0.202. The number of rotatable bonds is 8. The summed E-state index contributed by atoms with van der Waals surface area (Å²) in [5.41, 5.74) is 1.08. The highest BCUT2D eigenvalue weighted by Crippen LogP contribution is 2.23. The maximum atomic E-state index is 10.9. The first-order valence-corrected chi connectivity index (χ1v) is 6.19. The summed E-state index contributed by atoms with van der Waals surface area (Å²) >= 11 is 0. The summed E-state index contributed by atoms with van der Waals surface area (Å²) in [6.45, 7) is 1.37. The lowest BCUT2D eigenvalue weighted by Crippen LogP contribution is -2.21. The largest absolute Gasteiger partial charge is 0.497 e. The third-order valence-corrected chi connectivity index (χ3v) is 2.79. The molecule has 0 spiro atoms. The van der Waals surface area contributed by atoms with E-state index in [-0.39, 0.29) is 5.97 Å². The fourth-order valence-corrected chi connectivity index (χ4v) is 1.72. The smallest absolute Gasteiger partial charge is 0.306 e. The number of nitrogens with one attached hydrogen (secondary N) is 1. The van der Waals surface area contributed by atoms with Gasteiger partial charge in [0.05, 0.1) is 27.8 Å². The second-order valence-corrected chi connectivity index (χ2v) is 4.00. The molecule has 106 valence electrons. The molecule has 0 radical (unpaired) electrons.